The molecule has 1 fully saturated rings. The van der Waals surface area contributed by atoms with Gasteiger partial charge in [-0.15, -0.1) is 11.3 Å². The average Bonchev–Trinajstić information content (AvgIpc) is 3.37. The van der Waals surface area contributed by atoms with E-state index < -0.39 is 0 Å². The Morgan fingerprint density at radius 3 is 2.53 bits per heavy atom. The highest BCUT2D eigenvalue weighted by Crippen LogP contribution is 2.40. The zero-order valence-electron chi connectivity index (χ0n) is 19.3. The van der Waals surface area contributed by atoms with Gasteiger partial charge >= 0.3 is 0 Å². The van der Waals surface area contributed by atoms with Crippen LogP contribution in [0.3, 0.4) is 0 Å². The Bertz CT molecular complexity index is 953. The van der Waals surface area contributed by atoms with Gasteiger partial charge in [0.2, 0.25) is 0 Å². The molecular formula is C26H34N4OS. The number of hydrogen-bond donors (Lipinski definition) is 1. The lowest BCUT2D eigenvalue weighted by molar-refractivity contribution is 0.110. The fraction of sp³-hybridized carbons (Fsp3) is 0.423. The number of anilines is 1. The number of hydrogen-bond acceptors (Lipinski definition) is 6. The predicted molar refractivity (Wildman–Crippen MR) is 134 cm³/mol. The fourth-order valence-corrected chi connectivity index (χ4v) is 5.46. The first-order valence-corrected chi connectivity index (χ1v) is 12.3. The van der Waals surface area contributed by atoms with Crippen molar-refractivity contribution in [3.8, 4) is 5.75 Å². The number of ether oxygens (including phenoxy) is 1. The third-order valence-electron chi connectivity index (χ3n) is 6.58. The molecule has 0 saturated carbocycles. The number of aromatic nitrogens is 1. The molecule has 32 heavy (non-hydrogen) atoms. The lowest BCUT2D eigenvalue weighted by atomic mass is 9.82. The highest BCUT2D eigenvalue weighted by molar-refractivity contribution is 7.10. The summed E-state index contributed by atoms with van der Waals surface area (Å²) in [6.45, 7) is 2.86. The van der Waals surface area contributed by atoms with Gasteiger partial charge in [-0.1, -0.05) is 24.3 Å². The van der Waals surface area contributed by atoms with Gasteiger partial charge in [0.1, 0.15) is 11.9 Å². The summed E-state index contributed by atoms with van der Waals surface area (Å²) in [4.78, 5) is 10.8. The van der Waals surface area contributed by atoms with E-state index in [1.807, 2.05) is 19.3 Å². The van der Waals surface area contributed by atoms with Crippen LogP contribution in [0.25, 0.3) is 0 Å². The van der Waals surface area contributed by atoms with Gasteiger partial charge in [-0.25, -0.2) is 0 Å². The highest BCUT2D eigenvalue weighted by atomic mass is 32.1. The maximum atomic E-state index is 6.64. The van der Waals surface area contributed by atoms with E-state index in [4.69, 9.17) is 9.72 Å². The van der Waals surface area contributed by atoms with E-state index in [1.54, 1.807) is 11.3 Å². The molecule has 2 aromatic heterocycles. The SMILES string of the molecule is CNCCC(Oc1ccccc1N1CCC(c2ccccn2)(N(C)C)CC1)c1cccs1. The van der Waals surface area contributed by atoms with Crippen molar-refractivity contribution in [2.24, 2.45) is 0 Å². The third kappa shape index (κ3) is 4.82. The standard InChI is InChI=1S/C26H34N4OS/c1-27-17-13-23(24-11-8-20-32-24)31-22-10-5-4-9-21(22)30-18-14-26(15-19-30,29(2)3)25-12-6-7-16-28-25/h4-12,16,20,23,27H,13-15,17-19H2,1-3H3. The van der Waals surface area contributed by atoms with Crippen molar-refractivity contribution in [2.75, 3.05) is 45.7 Å². The van der Waals surface area contributed by atoms with E-state index in [9.17, 15) is 0 Å². The molecule has 3 aromatic rings. The van der Waals surface area contributed by atoms with Crippen LogP contribution in [0.1, 0.15) is 35.9 Å². The summed E-state index contributed by atoms with van der Waals surface area (Å²) in [5.41, 5.74) is 2.32. The Hall–Kier alpha value is -2.41. The number of nitrogens with one attached hydrogen (secondary N) is 1. The molecule has 4 rings (SSSR count). The summed E-state index contributed by atoms with van der Waals surface area (Å²) in [6.07, 6.45) is 4.96. The van der Waals surface area contributed by atoms with Crippen molar-refractivity contribution in [3.63, 3.8) is 0 Å². The first-order chi connectivity index (χ1) is 15.6. The van der Waals surface area contributed by atoms with Gasteiger partial charge in [-0.05, 0) is 76.2 Å². The third-order valence-corrected chi connectivity index (χ3v) is 7.54. The Morgan fingerprint density at radius 1 is 1.09 bits per heavy atom. The molecule has 6 heteroatoms. The molecule has 0 amide bonds. The molecule has 1 atom stereocenters. The molecule has 0 spiro atoms. The molecule has 1 aromatic carbocycles. The molecular weight excluding hydrogens is 416 g/mol. The van der Waals surface area contributed by atoms with E-state index in [2.05, 4.69) is 83.1 Å². The second-order valence-corrected chi connectivity index (χ2v) is 9.59. The Labute approximate surface area is 196 Å². The van der Waals surface area contributed by atoms with Gasteiger partial charge in [-0.3, -0.25) is 9.88 Å². The summed E-state index contributed by atoms with van der Waals surface area (Å²) in [6, 6.07) is 19.0. The van der Waals surface area contributed by atoms with E-state index in [0.29, 0.717) is 0 Å². The largest absolute Gasteiger partial charge is 0.483 e. The van der Waals surface area contributed by atoms with Crippen LogP contribution in [0.4, 0.5) is 5.69 Å². The first-order valence-electron chi connectivity index (χ1n) is 11.4. The van der Waals surface area contributed by atoms with Crippen LogP contribution < -0.4 is 15.0 Å². The van der Waals surface area contributed by atoms with Crippen LogP contribution in [-0.2, 0) is 5.54 Å². The van der Waals surface area contributed by atoms with Crippen molar-refractivity contribution >= 4 is 17.0 Å². The number of nitrogens with zero attached hydrogens (tertiary/aromatic N) is 3. The minimum absolute atomic E-state index is 0.0279. The molecule has 1 N–H and O–H groups in total. The average molecular weight is 451 g/mol. The lowest BCUT2D eigenvalue weighted by Gasteiger charge is -2.46. The zero-order chi connectivity index (χ0) is 22.4. The van der Waals surface area contributed by atoms with Crippen molar-refractivity contribution < 1.29 is 4.74 Å². The number of para-hydroxylation sites is 2. The molecule has 3 heterocycles. The Kier molecular flexibility index (Phi) is 7.45. The number of benzene rings is 1. The Morgan fingerprint density at radius 2 is 1.88 bits per heavy atom. The fourth-order valence-electron chi connectivity index (χ4n) is 4.67. The van der Waals surface area contributed by atoms with E-state index in [-0.39, 0.29) is 11.6 Å². The first kappa shape index (κ1) is 22.8. The topological polar surface area (TPSA) is 40.6 Å². The second-order valence-electron chi connectivity index (χ2n) is 8.61. The van der Waals surface area contributed by atoms with Crippen molar-refractivity contribution in [2.45, 2.75) is 30.9 Å². The van der Waals surface area contributed by atoms with Crippen LogP contribution in [0.2, 0.25) is 0 Å². The van der Waals surface area contributed by atoms with Gasteiger partial charge in [0.25, 0.3) is 0 Å². The molecule has 1 aliphatic rings. The molecule has 0 bridgehead atoms. The van der Waals surface area contributed by atoms with E-state index in [0.717, 1.165) is 44.6 Å². The number of pyridine rings is 1. The van der Waals surface area contributed by atoms with Crippen LogP contribution >= 0.6 is 11.3 Å². The number of thiophene rings is 1. The van der Waals surface area contributed by atoms with Crippen LogP contribution in [0.15, 0.2) is 66.2 Å². The van der Waals surface area contributed by atoms with Crippen molar-refractivity contribution in [3.05, 3.63) is 76.7 Å². The van der Waals surface area contributed by atoms with Crippen LogP contribution in [0.5, 0.6) is 5.75 Å². The maximum Gasteiger partial charge on any atom is 0.143 e. The van der Waals surface area contributed by atoms with Crippen molar-refractivity contribution in [1.82, 2.24) is 15.2 Å². The zero-order valence-corrected chi connectivity index (χ0v) is 20.1. The van der Waals surface area contributed by atoms with Gasteiger partial charge in [0, 0.05) is 30.6 Å². The normalized spacial score (nSPS) is 16.8. The van der Waals surface area contributed by atoms with E-state index in [1.165, 1.54) is 16.3 Å². The van der Waals surface area contributed by atoms with Gasteiger partial charge < -0.3 is 15.0 Å². The molecule has 0 radical (unpaired) electrons. The number of rotatable bonds is 9. The quantitative estimate of drug-likeness (QED) is 0.501. The molecule has 170 valence electrons. The minimum atomic E-state index is -0.0279. The van der Waals surface area contributed by atoms with Gasteiger partial charge in [0.05, 0.1) is 16.9 Å². The number of piperidine rings is 1. The predicted octanol–water partition coefficient (Wildman–Crippen LogP) is 4.93. The minimum Gasteiger partial charge on any atom is -0.483 e. The van der Waals surface area contributed by atoms with E-state index >= 15 is 0 Å². The van der Waals surface area contributed by atoms with Crippen LogP contribution in [0, 0.1) is 0 Å². The van der Waals surface area contributed by atoms with Gasteiger partial charge in [0.15, 0.2) is 0 Å². The second kappa shape index (κ2) is 10.5. The van der Waals surface area contributed by atoms with Gasteiger partial charge in [-0.2, -0.15) is 0 Å². The molecule has 1 aliphatic heterocycles. The summed E-state index contributed by atoms with van der Waals surface area (Å²) in [5.74, 6) is 0.970. The summed E-state index contributed by atoms with van der Waals surface area (Å²) >= 11 is 1.76. The lowest BCUT2D eigenvalue weighted by Crippen LogP contribution is -2.51. The summed E-state index contributed by atoms with van der Waals surface area (Å²) in [5, 5.41) is 5.39. The maximum absolute atomic E-state index is 6.64. The Balaban J connectivity index is 1.53. The summed E-state index contributed by atoms with van der Waals surface area (Å²) in [7, 11) is 6.34. The molecule has 1 unspecified atom stereocenters. The molecule has 5 nitrogen and oxygen atoms in total. The van der Waals surface area contributed by atoms with Crippen LogP contribution in [-0.4, -0.2) is 50.7 Å². The van der Waals surface area contributed by atoms with Crippen molar-refractivity contribution in [1.29, 1.82) is 0 Å². The summed E-state index contributed by atoms with van der Waals surface area (Å²) < 4.78 is 6.64. The molecule has 1 saturated heterocycles. The monoisotopic (exact) mass is 450 g/mol. The molecule has 0 aliphatic carbocycles. The highest BCUT2D eigenvalue weighted by Gasteiger charge is 2.39. The smallest absolute Gasteiger partial charge is 0.143 e.